The SMILES string of the molecule is CC(=O)NCC(=O)c1ccc2c(c1)OC(C)(C)O2. The molecule has 1 N–H and O–H groups in total. The molecule has 0 aromatic heterocycles. The molecule has 5 heteroatoms. The number of ketones is 1. The number of carbonyl (C=O) groups excluding carboxylic acids is 2. The number of carbonyl (C=O) groups is 2. The molecule has 1 heterocycles. The van der Waals surface area contributed by atoms with Crippen LogP contribution in [0.15, 0.2) is 18.2 Å². The summed E-state index contributed by atoms with van der Waals surface area (Å²) in [5.41, 5.74) is 0.490. The Morgan fingerprint density at radius 1 is 1.22 bits per heavy atom. The third-order valence-corrected chi connectivity index (χ3v) is 2.48. The van der Waals surface area contributed by atoms with Crippen LogP contribution >= 0.6 is 0 Å². The summed E-state index contributed by atoms with van der Waals surface area (Å²) in [5.74, 6) is 0.0676. The molecule has 0 radical (unpaired) electrons. The Morgan fingerprint density at radius 3 is 2.56 bits per heavy atom. The van der Waals surface area contributed by atoms with Crippen molar-refractivity contribution in [3.63, 3.8) is 0 Å². The second-order valence-electron chi connectivity index (χ2n) is 4.60. The molecule has 1 aromatic carbocycles. The summed E-state index contributed by atoms with van der Waals surface area (Å²) >= 11 is 0. The zero-order chi connectivity index (χ0) is 13.3. The van der Waals surface area contributed by atoms with Gasteiger partial charge in [0.15, 0.2) is 17.3 Å². The molecule has 0 atom stereocenters. The molecule has 5 nitrogen and oxygen atoms in total. The molecular formula is C13H15NO4. The summed E-state index contributed by atoms with van der Waals surface area (Å²) in [7, 11) is 0. The highest BCUT2D eigenvalue weighted by Gasteiger charge is 2.31. The number of amides is 1. The minimum absolute atomic E-state index is 0.0155. The Labute approximate surface area is 105 Å². The fraction of sp³-hybridized carbons (Fsp3) is 0.385. The number of hydrogen-bond donors (Lipinski definition) is 1. The third kappa shape index (κ3) is 2.61. The van der Waals surface area contributed by atoms with Crippen molar-refractivity contribution in [2.75, 3.05) is 6.54 Å². The molecule has 18 heavy (non-hydrogen) atoms. The van der Waals surface area contributed by atoms with Crippen molar-refractivity contribution in [2.45, 2.75) is 26.6 Å². The molecule has 1 aromatic rings. The van der Waals surface area contributed by atoms with Crippen molar-refractivity contribution in [1.82, 2.24) is 5.32 Å². The maximum absolute atomic E-state index is 11.8. The van der Waals surface area contributed by atoms with Crippen LogP contribution < -0.4 is 14.8 Å². The first kappa shape index (κ1) is 12.4. The van der Waals surface area contributed by atoms with Gasteiger partial charge in [0.2, 0.25) is 11.7 Å². The molecule has 2 rings (SSSR count). The van der Waals surface area contributed by atoms with Crippen LogP contribution in [0.2, 0.25) is 0 Å². The Kier molecular flexibility index (Phi) is 2.98. The molecule has 96 valence electrons. The van der Waals surface area contributed by atoms with E-state index in [9.17, 15) is 9.59 Å². The molecule has 1 amide bonds. The lowest BCUT2D eigenvalue weighted by Gasteiger charge is -2.16. The maximum Gasteiger partial charge on any atom is 0.246 e. The second-order valence-corrected chi connectivity index (χ2v) is 4.60. The van der Waals surface area contributed by atoms with Crippen LogP contribution in [-0.4, -0.2) is 24.0 Å². The van der Waals surface area contributed by atoms with Gasteiger partial charge in [0.25, 0.3) is 0 Å². The van der Waals surface area contributed by atoms with E-state index in [1.807, 2.05) is 0 Å². The summed E-state index contributed by atoms with van der Waals surface area (Å²) in [6, 6.07) is 4.99. The lowest BCUT2D eigenvalue weighted by molar-refractivity contribution is -0.118. The van der Waals surface area contributed by atoms with E-state index in [1.165, 1.54) is 6.92 Å². The van der Waals surface area contributed by atoms with Crippen molar-refractivity contribution in [2.24, 2.45) is 0 Å². The zero-order valence-electron chi connectivity index (χ0n) is 10.6. The first-order valence-electron chi connectivity index (χ1n) is 5.67. The van der Waals surface area contributed by atoms with Gasteiger partial charge in [-0.1, -0.05) is 0 Å². The first-order valence-corrected chi connectivity index (χ1v) is 5.67. The van der Waals surface area contributed by atoms with Crippen molar-refractivity contribution in [3.8, 4) is 11.5 Å². The van der Waals surface area contributed by atoms with Gasteiger partial charge in [0.1, 0.15) is 0 Å². The number of ether oxygens (including phenoxy) is 2. The smallest absolute Gasteiger partial charge is 0.246 e. The van der Waals surface area contributed by atoms with Gasteiger partial charge in [-0.15, -0.1) is 0 Å². The Hall–Kier alpha value is -2.04. The predicted molar refractivity (Wildman–Crippen MR) is 64.8 cm³/mol. The summed E-state index contributed by atoms with van der Waals surface area (Å²) in [5, 5.41) is 2.47. The van der Waals surface area contributed by atoms with E-state index in [2.05, 4.69) is 5.32 Å². The van der Waals surface area contributed by atoms with E-state index < -0.39 is 5.79 Å². The molecule has 0 spiro atoms. The molecule has 0 saturated heterocycles. The summed E-state index contributed by atoms with van der Waals surface area (Å²) in [6.45, 7) is 4.95. The van der Waals surface area contributed by atoms with Gasteiger partial charge in [-0.2, -0.15) is 0 Å². The first-order chi connectivity index (χ1) is 8.37. The largest absolute Gasteiger partial charge is 0.449 e. The Morgan fingerprint density at radius 2 is 1.89 bits per heavy atom. The summed E-state index contributed by atoms with van der Waals surface area (Å²) in [6.07, 6.45) is 0. The Bertz CT molecular complexity index is 508. The number of rotatable bonds is 3. The normalized spacial score (nSPS) is 15.3. The van der Waals surface area contributed by atoms with Gasteiger partial charge in [0.05, 0.1) is 6.54 Å². The van der Waals surface area contributed by atoms with Crippen LogP contribution in [0.25, 0.3) is 0 Å². The van der Waals surface area contributed by atoms with E-state index in [1.54, 1.807) is 32.0 Å². The van der Waals surface area contributed by atoms with E-state index in [-0.39, 0.29) is 18.2 Å². The minimum atomic E-state index is -0.707. The number of nitrogens with one attached hydrogen (secondary N) is 1. The van der Waals surface area contributed by atoms with Crippen molar-refractivity contribution in [3.05, 3.63) is 23.8 Å². The molecule has 0 fully saturated rings. The van der Waals surface area contributed by atoms with E-state index in [4.69, 9.17) is 9.47 Å². The molecule has 0 bridgehead atoms. The predicted octanol–water partition coefficient (Wildman–Crippen LogP) is 1.51. The van der Waals surface area contributed by atoms with Crippen LogP contribution in [0.1, 0.15) is 31.1 Å². The maximum atomic E-state index is 11.8. The Balaban J connectivity index is 2.13. The average Bonchev–Trinajstić information content (AvgIpc) is 2.58. The second kappa shape index (κ2) is 4.33. The highest BCUT2D eigenvalue weighted by Crippen LogP contribution is 2.39. The van der Waals surface area contributed by atoms with E-state index >= 15 is 0 Å². The molecule has 0 unspecified atom stereocenters. The van der Waals surface area contributed by atoms with Gasteiger partial charge in [0, 0.05) is 26.3 Å². The van der Waals surface area contributed by atoms with Gasteiger partial charge in [-0.05, 0) is 18.2 Å². The number of hydrogen-bond acceptors (Lipinski definition) is 4. The molecule has 0 aliphatic carbocycles. The fourth-order valence-electron chi connectivity index (χ4n) is 1.70. The molecule has 1 aliphatic heterocycles. The minimum Gasteiger partial charge on any atom is -0.449 e. The van der Waals surface area contributed by atoms with Gasteiger partial charge in [-0.25, -0.2) is 0 Å². The van der Waals surface area contributed by atoms with Crippen molar-refractivity contribution in [1.29, 1.82) is 0 Å². The van der Waals surface area contributed by atoms with Crippen LogP contribution in [0.5, 0.6) is 11.5 Å². The number of fused-ring (bicyclic) bond motifs is 1. The lowest BCUT2D eigenvalue weighted by Crippen LogP contribution is -2.29. The monoisotopic (exact) mass is 249 g/mol. The number of Topliss-reactive ketones (excluding diaryl/α,β-unsaturated/α-hetero) is 1. The average molecular weight is 249 g/mol. The molecular weight excluding hydrogens is 234 g/mol. The standard InChI is InChI=1S/C13H15NO4/c1-8(15)14-7-10(16)9-4-5-11-12(6-9)18-13(2,3)17-11/h4-6H,7H2,1-3H3,(H,14,15). The zero-order valence-corrected chi connectivity index (χ0v) is 10.6. The van der Waals surface area contributed by atoms with E-state index in [0.29, 0.717) is 17.1 Å². The van der Waals surface area contributed by atoms with Crippen LogP contribution in [0, 0.1) is 0 Å². The molecule has 1 aliphatic rings. The summed E-state index contributed by atoms with van der Waals surface area (Å²) in [4.78, 5) is 22.5. The van der Waals surface area contributed by atoms with Crippen molar-refractivity contribution < 1.29 is 19.1 Å². The van der Waals surface area contributed by atoms with Crippen molar-refractivity contribution >= 4 is 11.7 Å². The lowest BCUT2D eigenvalue weighted by atomic mass is 10.1. The third-order valence-electron chi connectivity index (χ3n) is 2.48. The van der Waals surface area contributed by atoms with Crippen LogP contribution in [0.4, 0.5) is 0 Å². The fourth-order valence-corrected chi connectivity index (χ4v) is 1.70. The van der Waals surface area contributed by atoms with Crippen LogP contribution in [0.3, 0.4) is 0 Å². The quantitative estimate of drug-likeness (QED) is 0.825. The van der Waals surface area contributed by atoms with Gasteiger partial charge in [-0.3, -0.25) is 9.59 Å². The number of benzene rings is 1. The van der Waals surface area contributed by atoms with E-state index in [0.717, 1.165) is 0 Å². The topological polar surface area (TPSA) is 64.6 Å². The molecule has 0 saturated carbocycles. The highest BCUT2D eigenvalue weighted by atomic mass is 16.7. The summed E-state index contributed by atoms with van der Waals surface area (Å²) < 4.78 is 11.1. The highest BCUT2D eigenvalue weighted by molar-refractivity contribution is 5.99. The van der Waals surface area contributed by atoms with Gasteiger partial charge >= 0.3 is 0 Å². The van der Waals surface area contributed by atoms with Gasteiger partial charge < -0.3 is 14.8 Å². The van der Waals surface area contributed by atoms with Crippen LogP contribution in [-0.2, 0) is 4.79 Å².